The van der Waals surface area contributed by atoms with Crippen LogP contribution in [0.2, 0.25) is 0 Å². The van der Waals surface area contributed by atoms with Gasteiger partial charge in [0.25, 0.3) is 0 Å². The van der Waals surface area contributed by atoms with Crippen LogP contribution in [0.15, 0.2) is 96.6 Å². The number of amides is 2. The largest absolute Gasteiger partial charge is 0.460 e. The molecule has 2 aliphatic heterocycles. The molecule has 300 valence electrons. The molecule has 4 rings (SSSR count). The Kier molecular flexibility index (Phi) is 17.7. The molecule has 0 spiro atoms. The Morgan fingerprint density at radius 3 is 2.43 bits per heavy atom. The Balaban J connectivity index is 1.49. The van der Waals surface area contributed by atoms with Crippen LogP contribution in [-0.2, 0) is 30.4 Å². The number of nitrogens with one attached hydrogen (secondary N) is 2. The number of terminal acetylenes is 1. The lowest BCUT2D eigenvalue weighted by molar-refractivity contribution is -0.245. The summed E-state index contributed by atoms with van der Waals surface area (Å²) < 4.78 is 20.0. The van der Waals surface area contributed by atoms with Gasteiger partial charge in [0.2, 0.25) is 17.0 Å². The van der Waals surface area contributed by atoms with Crippen molar-refractivity contribution in [1.82, 2.24) is 5.48 Å². The Labute approximate surface area is 336 Å². The van der Waals surface area contributed by atoms with Crippen LogP contribution < -0.4 is 10.8 Å². The zero-order valence-electron chi connectivity index (χ0n) is 32.9. The standard InChI is InChI=1S/C45H57N3O7S/c1-7-11-18-36(17-9-3)45(6)42(32(10-4)16-8-2)47-44(55-45)56-30-38-28-39(54-43(53-38)34-21-22-35(29-49)31(5)27-34)33-23-25-37(26-24-33)46-40(50)19-14-12-13-15-20-41(51)48-52/h1,8-10,17-18,21-27,32,38-39,42-43,49,52H,2,4,11-16,19-20,28-30H2,3,5-6H3,(H,46,50)(H,48,51)/b17-9-,36-18+. The first kappa shape index (κ1) is 44.3. The van der Waals surface area contributed by atoms with E-state index in [1.807, 2.05) is 86.7 Å². The third-order valence-corrected chi connectivity index (χ3v) is 11.1. The maximum absolute atomic E-state index is 12.6. The monoisotopic (exact) mass is 783 g/mol. The second-order valence-corrected chi connectivity index (χ2v) is 15.2. The van der Waals surface area contributed by atoms with Crippen molar-refractivity contribution >= 4 is 34.5 Å². The Hall–Kier alpha value is -4.44. The first-order valence-corrected chi connectivity index (χ1v) is 20.3. The Morgan fingerprint density at radius 1 is 1.09 bits per heavy atom. The quantitative estimate of drug-likeness (QED) is 0.0261. The molecule has 0 saturated carbocycles. The van der Waals surface area contributed by atoms with Crippen LogP contribution in [-0.4, -0.2) is 50.9 Å². The second kappa shape index (κ2) is 22.3. The first-order valence-electron chi connectivity index (χ1n) is 19.3. The molecule has 10 nitrogen and oxygen atoms in total. The molecule has 6 atom stereocenters. The van der Waals surface area contributed by atoms with Crippen molar-refractivity contribution in [3.05, 3.63) is 114 Å². The normalized spacial score (nSPS) is 22.8. The number of benzene rings is 2. The van der Waals surface area contributed by atoms with Gasteiger partial charge in [-0.05, 0) is 74.4 Å². The number of allylic oxidation sites excluding steroid dienone is 3. The summed E-state index contributed by atoms with van der Waals surface area (Å²) in [7, 11) is 0. The molecule has 0 aromatic heterocycles. The number of unbranched alkanes of at least 4 members (excludes halogenated alkanes) is 3. The van der Waals surface area contributed by atoms with E-state index in [2.05, 4.69) is 31.3 Å². The van der Waals surface area contributed by atoms with Crippen molar-refractivity contribution in [2.45, 2.75) is 115 Å². The Morgan fingerprint density at radius 2 is 1.80 bits per heavy atom. The summed E-state index contributed by atoms with van der Waals surface area (Å²) in [4.78, 5) is 28.9. The summed E-state index contributed by atoms with van der Waals surface area (Å²) in [5, 5.41) is 21.9. The predicted molar refractivity (Wildman–Crippen MR) is 224 cm³/mol. The molecule has 2 aromatic carbocycles. The van der Waals surface area contributed by atoms with Crippen LogP contribution in [0.25, 0.3) is 0 Å². The van der Waals surface area contributed by atoms with E-state index in [0.717, 1.165) is 40.7 Å². The fourth-order valence-corrected chi connectivity index (χ4v) is 7.98. The number of ether oxygens (including phenoxy) is 3. The summed E-state index contributed by atoms with van der Waals surface area (Å²) in [5.74, 6) is 2.80. The molecule has 11 heteroatoms. The van der Waals surface area contributed by atoms with Gasteiger partial charge in [-0.15, -0.1) is 25.5 Å². The summed E-state index contributed by atoms with van der Waals surface area (Å²) in [6.07, 6.45) is 19.7. The van der Waals surface area contributed by atoms with E-state index >= 15 is 0 Å². The molecule has 4 N–H and O–H groups in total. The van der Waals surface area contributed by atoms with Crippen molar-refractivity contribution in [1.29, 1.82) is 0 Å². The molecular formula is C45H57N3O7S. The highest BCUT2D eigenvalue weighted by Crippen LogP contribution is 2.43. The molecule has 56 heavy (non-hydrogen) atoms. The SMILES string of the molecule is C#CC/C=C(\C=C/C)C1(C)OC(SCC2CC(c3ccc(NC(=O)CCCCCCC(=O)NO)cc3)OC(c3ccc(CO)c(C)c3)O2)=NC1C(C=C)CC=C. The van der Waals surface area contributed by atoms with Crippen molar-refractivity contribution in [3.63, 3.8) is 0 Å². The number of aryl methyl sites for hydroxylation is 1. The van der Waals surface area contributed by atoms with Crippen LogP contribution in [0.3, 0.4) is 0 Å². The lowest BCUT2D eigenvalue weighted by Gasteiger charge is -2.36. The van der Waals surface area contributed by atoms with Crippen molar-refractivity contribution in [2.24, 2.45) is 10.9 Å². The van der Waals surface area contributed by atoms with E-state index < -0.39 is 17.8 Å². The maximum atomic E-state index is 12.6. The summed E-state index contributed by atoms with van der Waals surface area (Å²) >= 11 is 1.51. The summed E-state index contributed by atoms with van der Waals surface area (Å²) in [5.41, 5.74) is 6.13. The molecular weight excluding hydrogens is 727 g/mol. The molecule has 0 aliphatic carbocycles. The number of carbonyl (C=O) groups is 2. The van der Waals surface area contributed by atoms with E-state index in [1.165, 1.54) is 11.8 Å². The number of aliphatic hydroxyl groups is 1. The van der Waals surface area contributed by atoms with E-state index in [9.17, 15) is 14.7 Å². The maximum Gasteiger partial charge on any atom is 0.247 e. The van der Waals surface area contributed by atoms with E-state index in [-0.39, 0.29) is 43.1 Å². The molecule has 2 aromatic rings. The van der Waals surface area contributed by atoms with Gasteiger partial charge in [-0.1, -0.05) is 85.3 Å². The number of anilines is 1. The zero-order valence-corrected chi connectivity index (χ0v) is 33.7. The minimum Gasteiger partial charge on any atom is -0.460 e. The summed E-state index contributed by atoms with van der Waals surface area (Å²) in [6.45, 7) is 14.0. The smallest absolute Gasteiger partial charge is 0.247 e. The number of carbonyl (C=O) groups excluding carboxylic acids is 2. The van der Waals surface area contributed by atoms with Gasteiger partial charge in [-0.3, -0.25) is 14.8 Å². The van der Waals surface area contributed by atoms with Gasteiger partial charge >= 0.3 is 0 Å². The van der Waals surface area contributed by atoms with Gasteiger partial charge in [0.05, 0.1) is 18.8 Å². The number of aliphatic imine (C=N–C) groups is 1. The highest BCUT2D eigenvalue weighted by Gasteiger charge is 2.48. The number of rotatable bonds is 20. The van der Waals surface area contributed by atoms with E-state index in [4.69, 9.17) is 30.8 Å². The van der Waals surface area contributed by atoms with Gasteiger partial charge in [0.15, 0.2) is 11.9 Å². The molecule has 2 aliphatic rings. The third kappa shape index (κ3) is 12.3. The van der Waals surface area contributed by atoms with E-state index in [0.29, 0.717) is 55.2 Å². The third-order valence-electron chi connectivity index (χ3n) is 10.1. The lowest BCUT2D eigenvalue weighted by atomic mass is 9.79. The van der Waals surface area contributed by atoms with Crippen LogP contribution >= 0.6 is 11.8 Å². The minimum absolute atomic E-state index is 0.0000849. The molecule has 2 amide bonds. The number of aliphatic hydroxyl groups excluding tert-OH is 1. The van der Waals surface area contributed by atoms with Crippen LogP contribution in [0.1, 0.15) is 106 Å². The second-order valence-electron chi connectivity index (χ2n) is 14.3. The average molecular weight is 784 g/mol. The fourth-order valence-electron chi connectivity index (χ4n) is 7.01. The zero-order chi connectivity index (χ0) is 40.5. The number of hydrogen-bond acceptors (Lipinski definition) is 9. The van der Waals surface area contributed by atoms with Gasteiger partial charge in [0, 0.05) is 48.6 Å². The van der Waals surface area contributed by atoms with Crippen LogP contribution in [0, 0.1) is 25.2 Å². The van der Waals surface area contributed by atoms with Crippen molar-refractivity contribution in [2.75, 3.05) is 11.1 Å². The first-order chi connectivity index (χ1) is 27.1. The highest BCUT2D eigenvalue weighted by atomic mass is 32.2. The average Bonchev–Trinajstić information content (AvgIpc) is 3.55. The molecule has 6 unspecified atom stereocenters. The highest BCUT2D eigenvalue weighted by molar-refractivity contribution is 8.13. The number of nitrogens with zero attached hydrogens (tertiary/aromatic N) is 1. The molecule has 0 radical (unpaired) electrons. The van der Waals surface area contributed by atoms with Gasteiger partial charge in [-0.25, -0.2) is 10.5 Å². The van der Waals surface area contributed by atoms with Gasteiger partial charge < -0.3 is 24.6 Å². The van der Waals surface area contributed by atoms with E-state index in [1.54, 1.807) is 5.48 Å². The number of hydrogen-bond donors (Lipinski definition) is 4. The molecule has 0 bridgehead atoms. The number of thioether (sulfide) groups is 1. The topological polar surface area (TPSA) is 139 Å². The van der Waals surface area contributed by atoms with Crippen LogP contribution in [0.5, 0.6) is 0 Å². The van der Waals surface area contributed by atoms with Crippen molar-refractivity contribution < 1.29 is 34.1 Å². The van der Waals surface area contributed by atoms with Crippen molar-refractivity contribution in [3.8, 4) is 12.3 Å². The van der Waals surface area contributed by atoms with Gasteiger partial charge in [0.1, 0.15) is 6.04 Å². The molecule has 2 heterocycles. The lowest BCUT2D eigenvalue weighted by Crippen LogP contribution is -2.42. The van der Waals surface area contributed by atoms with Gasteiger partial charge in [-0.2, -0.15) is 0 Å². The fraction of sp³-hybridized carbons (Fsp3) is 0.444. The molecule has 1 saturated heterocycles. The minimum atomic E-state index is -0.765. The number of hydroxylamine groups is 1. The predicted octanol–water partition coefficient (Wildman–Crippen LogP) is 8.97. The molecule has 1 fully saturated rings. The summed E-state index contributed by atoms with van der Waals surface area (Å²) in [6, 6.07) is 13.3. The van der Waals surface area contributed by atoms with Crippen LogP contribution in [0.4, 0.5) is 5.69 Å². The Bertz CT molecular complexity index is 1780.